The van der Waals surface area contributed by atoms with Crippen LogP contribution >= 0.6 is 11.3 Å². The highest BCUT2D eigenvalue weighted by Crippen LogP contribution is 2.35. The number of hydrogen-bond donors (Lipinski definition) is 1. The number of anilines is 1. The minimum absolute atomic E-state index is 0.104. The smallest absolute Gasteiger partial charge is 0.266 e. The predicted molar refractivity (Wildman–Crippen MR) is 85.1 cm³/mol. The number of likely N-dealkylation sites (tertiary alicyclic amines) is 1. The largest absolute Gasteiger partial charge is 0.397 e. The number of hydrogen-bond acceptors (Lipinski definition) is 3. The minimum atomic E-state index is 0.104. The zero-order valence-corrected chi connectivity index (χ0v) is 12.7. The first-order valence-corrected chi connectivity index (χ1v) is 7.96. The Hall–Kier alpha value is -1.55. The van der Waals surface area contributed by atoms with E-state index in [2.05, 4.69) is 13.8 Å². The molecule has 0 aliphatic carbocycles. The summed E-state index contributed by atoms with van der Waals surface area (Å²) in [6, 6.07) is 7.95. The van der Waals surface area contributed by atoms with Crippen molar-refractivity contribution in [3.63, 3.8) is 0 Å². The van der Waals surface area contributed by atoms with Crippen molar-refractivity contribution < 1.29 is 4.79 Å². The van der Waals surface area contributed by atoms with Crippen molar-refractivity contribution in [2.24, 2.45) is 11.8 Å². The van der Waals surface area contributed by atoms with Crippen molar-refractivity contribution in [3.05, 3.63) is 29.1 Å². The van der Waals surface area contributed by atoms with Gasteiger partial charge in [0.05, 0.1) is 5.69 Å². The van der Waals surface area contributed by atoms with Crippen LogP contribution in [0, 0.1) is 11.8 Å². The van der Waals surface area contributed by atoms with Crippen molar-refractivity contribution >= 4 is 33.0 Å². The van der Waals surface area contributed by atoms with Crippen LogP contribution in [0.5, 0.6) is 0 Å². The summed E-state index contributed by atoms with van der Waals surface area (Å²) in [7, 11) is 0. The summed E-state index contributed by atoms with van der Waals surface area (Å²) in [5.74, 6) is 1.36. The van der Waals surface area contributed by atoms with Crippen molar-refractivity contribution in [2.45, 2.75) is 20.3 Å². The maximum absolute atomic E-state index is 12.7. The number of rotatable bonds is 2. The number of thiophene rings is 1. The van der Waals surface area contributed by atoms with Gasteiger partial charge in [0.15, 0.2) is 0 Å². The fourth-order valence-electron chi connectivity index (χ4n) is 2.88. The van der Waals surface area contributed by atoms with Crippen LogP contribution in [-0.2, 0) is 0 Å². The van der Waals surface area contributed by atoms with Crippen LogP contribution in [0.25, 0.3) is 10.1 Å². The highest BCUT2D eigenvalue weighted by Gasteiger charge is 2.30. The maximum atomic E-state index is 12.7. The Morgan fingerprint density at radius 3 is 2.80 bits per heavy atom. The first-order valence-electron chi connectivity index (χ1n) is 7.14. The molecule has 0 bridgehead atoms. The monoisotopic (exact) mass is 288 g/mol. The first kappa shape index (κ1) is 13.4. The van der Waals surface area contributed by atoms with Gasteiger partial charge in [-0.1, -0.05) is 32.0 Å². The van der Waals surface area contributed by atoms with Crippen LogP contribution in [0.4, 0.5) is 5.69 Å². The van der Waals surface area contributed by atoms with E-state index < -0.39 is 0 Å². The van der Waals surface area contributed by atoms with E-state index in [1.54, 1.807) is 0 Å². The predicted octanol–water partition coefficient (Wildman–Crippen LogP) is 3.60. The number of carbonyl (C=O) groups excluding carboxylic acids is 1. The summed E-state index contributed by atoms with van der Waals surface area (Å²) in [6.45, 7) is 6.18. The summed E-state index contributed by atoms with van der Waals surface area (Å²) in [6.07, 6.45) is 1.11. The maximum Gasteiger partial charge on any atom is 0.266 e. The summed E-state index contributed by atoms with van der Waals surface area (Å²) in [5.41, 5.74) is 6.81. The van der Waals surface area contributed by atoms with Gasteiger partial charge >= 0.3 is 0 Å². The third-order valence-electron chi connectivity index (χ3n) is 4.28. The van der Waals surface area contributed by atoms with E-state index >= 15 is 0 Å². The summed E-state index contributed by atoms with van der Waals surface area (Å²) in [4.78, 5) is 15.3. The second-order valence-electron chi connectivity index (χ2n) is 5.88. The van der Waals surface area contributed by atoms with Gasteiger partial charge in [-0.2, -0.15) is 0 Å². The molecule has 0 spiro atoms. The van der Waals surface area contributed by atoms with Crippen LogP contribution in [-0.4, -0.2) is 23.9 Å². The molecule has 20 heavy (non-hydrogen) atoms. The summed E-state index contributed by atoms with van der Waals surface area (Å²) >= 11 is 1.51. The molecule has 2 aromatic rings. The Kier molecular flexibility index (Phi) is 3.42. The molecule has 1 atom stereocenters. The van der Waals surface area contributed by atoms with Gasteiger partial charge in [0, 0.05) is 23.2 Å². The van der Waals surface area contributed by atoms with E-state index in [4.69, 9.17) is 5.73 Å². The molecule has 1 aromatic heterocycles. The van der Waals surface area contributed by atoms with E-state index in [-0.39, 0.29) is 5.91 Å². The van der Waals surface area contributed by atoms with Gasteiger partial charge in [-0.3, -0.25) is 4.79 Å². The Balaban J connectivity index is 1.88. The van der Waals surface area contributed by atoms with E-state index in [1.807, 2.05) is 29.2 Å². The third kappa shape index (κ3) is 2.18. The molecule has 1 aliphatic heterocycles. The molecule has 3 rings (SSSR count). The number of benzene rings is 1. The van der Waals surface area contributed by atoms with Crippen LogP contribution in [0.2, 0.25) is 0 Å². The van der Waals surface area contributed by atoms with Crippen LogP contribution in [0.15, 0.2) is 24.3 Å². The normalized spacial score (nSPS) is 19.1. The van der Waals surface area contributed by atoms with Gasteiger partial charge in [0.1, 0.15) is 4.88 Å². The molecular formula is C16H20N2OS. The quantitative estimate of drug-likeness (QED) is 0.917. The van der Waals surface area contributed by atoms with E-state index in [9.17, 15) is 4.79 Å². The average molecular weight is 288 g/mol. The SMILES string of the molecule is CC(C)C1CCN(C(=O)c2sc3ccccc3c2N)C1. The number of nitrogens with zero attached hydrogens (tertiary/aromatic N) is 1. The van der Waals surface area contributed by atoms with Crippen molar-refractivity contribution in [1.29, 1.82) is 0 Å². The van der Waals surface area contributed by atoms with Crippen LogP contribution in [0.3, 0.4) is 0 Å². The lowest BCUT2D eigenvalue weighted by molar-refractivity contribution is 0.0790. The molecule has 1 unspecified atom stereocenters. The molecule has 1 amide bonds. The number of carbonyl (C=O) groups is 1. The first-order chi connectivity index (χ1) is 9.58. The fraction of sp³-hybridized carbons (Fsp3) is 0.438. The highest BCUT2D eigenvalue weighted by molar-refractivity contribution is 7.21. The van der Waals surface area contributed by atoms with Gasteiger partial charge in [-0.05, 0) is 24.3 Å². The Morgan fingerprint density at radius 1 is 1.40 bits per heavy atom. The van der Waals surface area contributed by atoms with Crippen LogP contribution < -0.4 is 5.73 Å². The minimum Gasteiger partial charge on any atom is -0.397 e. The van der Waals surface area contributed by atoms with Crippen molar-refractivity contribution in [2.75, 3.05) is 18.8 Å². The zero-order chi connectivity index (χ0) is 14.3. The lowest BCUT2D eigenvalue weighted by Crippen LogP contribution is -2.29. The molecule has 1 aromatic carbocycles. The molecule has 0 saturated carbocycles. The molecule has 4 heteroatoms. The standard InChI is InChI=1S/C16H20N2OS/c1-10(2)11-7-8-18(9-11)16(19)15-14(17)12-5-3-4-6-13(12)20-15/h3-6,10-11H,7-9,17H2,1-2H3. The molecule has 3 nitrogen and oxygen atoms in total. The molecule has 106 valence electrons. The van der Waals surface area contributed by atoms with Gasteiger partial charge in [0.2, 0.25) is 0 Å². The highest BCUT2D eigenvalue weighted by atomic mass is 32.1. The molecule has 1 saturated heterocycles. The molecule has 0 radical (unpaired) electrons. The van der Waals surface area contributed by atoms with E-state index in [0.717, 1.165) is 29.6 Å². The summed E-state index contributed by atoms with van der Waals surface area (Å²) < 4.78 is 1.09. The fourth-order valence-corrected chi connectivity index (χ4v) is 3.97. The lowest BCUT2D eigenvalue weighted by atomic mass is 9.95. The van der Waals surface area contributed by atoms with Crippen molar-refractivity contribution in [1.82, 2.24) is 4.90 Å². The van der Waals surface area contributed by atoms with Gasteiger partial charge in [-0.15, -0.1) is 11.3 Å². The molecule has 1 aliphatic rings. The molecule has 2 heterocycles. The van der Waals surface area contributed by atoms with Gasteiger partial charge in [0.25, 0.3) is 5.91 Å². The van der Waals surface area contributed by atoms with Crippen molar-refractivity contribution in [3.8, 4) is 0 Å². The summed E-state index contributed by atoms with van der Waals surface area (Å²) in [5, 5.41) is 1.00. The second kappa shape index (κ2) is 5.09. The Morgan fingerprint density at radius 2 is 2.15 bits per heavy atom. The van der Waals surface area contributed by atoms with Gasteiger partial charge in [-0.25, -0.2) is 0 Å². The lowest BCUT2D eigenvalue weighted by Gasteiger charge is -2.17. The van der Waals surface area contributed by atoms with E-state index in [1.165, 1.54) is 11.3 Å². The molecule has 1 fully saturated rings. The topological polar surface area (TPSA) is 46.3 Å². The number of nitrogens with two attached hydrogens (primary N) is 1. The molecular weight excluding hydrogens is 268 g/mol. The molecule has 2 N–H and O–H groups in total. The third-order valence-corrected chi connectivity index (χ3v) is 5.46. The van der Waals surface area contributed by atoms with Gasteiger partial charge < -0.3 is 10.6 Å². The number of amides is 1. The average Bonchev–Trinajstić information content (AvgIpc) is 3.04. The number of fused-ring (bicyclic) bond motifs is 1. The number of nitrogen functional groups attached to an aromatic ring is 1. The van der Waals surface area contributed by atoms with E-state index in [0.29, 0.717) is 22.4 Å². The Bertz CT molecular complexity index is 647. The van der Waals surface area contributed by atoms with Crippen LogP contribution in [0.1, 0.15) is 29.9 Å². The Labute approximate surface area is 123 Å². The second-order valence-corrected chi connectivity index (χ2v) is 6.94. The zero-order valence-electron chi connectivity index (χ0n) is 11.9.